The van der Waals surface area contributed by atoms with Gasteiger partial charge in [0.05, 0.1) is 0 Å². The summed E-state index contributed by atoms with van der Waals surface area (Å²) in [6.07, 6.45) is 7.89. The van der Waals surface area contributed by atoms with E-state index < -0.39 is 0 Å². The molecule has 0 amide bonds. The SMILES string of the molecule is CCC1CC(C(C)C2CC(C)C(N)C(CC)C2)CC(C)C1N. The lowest BCUT2D eigenvalue weighted by Crippen LogP contribution is -2.47. The first-order valence-electron chi connectivity index (χ1n) is 9.90. The number of hydrogen-bond donors (Lipinski definition) is 2. The molecule has 2 aliphatic carbocycles. The normalized spacial score (nSPS) is 48.1. The molecule has 8 unspecified atom stereocenters. The zero-order chi connectivity index (χ0) is 16.4. The molecule has 0 radical (unpaired) electrons. The molecular weight excluding hydrogens is 268 g/mol. The van der Waals surface area contributed by atoms with Gasteiger partial charge >= 0.3 is 0 Å². The van der Waals surface area contributed by atoms with Crippen LogP contribution in [-0.4, -0.2) is 12.1 Å². The van der Waals surface area contributed by atoms with E-state index in [4.69, 9.17) is 11.5 Å². The minimum Gasteiger partial charge on any atom is -0.327 e. The fourth-order valence-corrected chi connectivity index (χ4v) is 5.60. The van der Waals surface area contributed by atoms with Crippen LogP contribution in [0.4, 0.5) is 0 Å². The first-order valence-corrected chi connectivity index (χ1v) is 9.90. The molecule has 0 aromatic heterocycles. The molecule has 4 N–H and O–H groups in total. The van der Waals surface area contributed by atoms with E-state index in [0.29, 0.717) is 23.9 Å². The molecule has 0 saturated heterocycles. The summed E-state index contributed by atoms with van der Waals surface area (Å²) in [6.45, 7) is 11.9. The van der Waals surface area contributed by atoms with Crippen molar-refractivity contribution in [1.82, 2.24) is 0 Å². The Hall–Kier alpha value is -0.0800. The first kappa shape index (κ1) is 18.3. The maximum Gasteiger partial charge on any atom is 0.00931 e. The van der Waals surface area contributed by atoms with Gasteiger partial charge in [0.25, 0.3) is 0 Å². The van der Waals surface area contributed by atoms with E-state index in [9.17, 15) is 0 Å². The van der Waals surface area contributed by atoms with Gasteiger partial charge in [-0.05, 0) is 67.1 Å². The predicted octanol–water partition coefficient (Wildman–Crippen LogP) is 4.42. The average Bonchev–Trinajstić information content (AvgIpc) is 2.51. The second-order valence-corrected chi connectivity index (χ2v) is 8.77. The molecule has 2 nitrogen and oxygen atoms in total. The minimum absolute atomic E-state index is 0.426. The fourth-order valence-electron chi connectivity index (χ4n) is 5.60. The van der Waals surface area contributed by atoms with E-state index >= 15 is 0 Å². The molecule has 8 atom stereocenters. The molecule has 0 aliphatic heterocycles. The highest BCUT2D eigenvalue weighted by Crippen LogP contribution is 2.45. The van der Waals surface area contributed by atoms with Gasteiger partial charge in [-0.1, -0.05) is 47.5 Å². The summed E-state index contributed by atoms with van der Waals surface area (Å²) >= 11 is 0. The lowest BCUT2D eigenvalue weighted by Gasteiger charge is -2.46. The van der Waals surface area contributed by atoms with Crippen LogP contribution >= 0.6 is 0 Å². The summed E-state index contributed by atoms with van der Waals surface area (Å²) in [6, 6.07) is 0.853. The van der Waals surface area contributed by atoms with Gasteiger partial charge in [-0.15, -0.1) is 0 Å². The Labute approximate surface area is 138 Å². The van der Waals surface area contributed by atoms with Crippen LogP contribution in [0.15, 0.2) is 0 Å². The monoisotopic (exact) mass is 308 g/mol. The molecule has 0 heterocycles. The maximum absolute atomic E-state index is 6.44. The lowest BCUT2D eigenvalue weighted by atomic mass is 9.61. The molecule has 2 heteroatoms. The van der Waals surface area contributed by atoms with Crippen molar-refractivity contribution in [2.24, 2.45) is 52.9 Å². The van der Waals surface area contributed by atoms with Gasteiger partial charge < -0.3 is 11.5 Å². The third kappa shape index (κ3) is 3.70. The molecule has 2 aliphatic rings. The largest absolute Gasteiger partial charge is 0.327 e. The van der Waals surface area contributed by atoms with Gasteiger partial charge in [0, 0.05) is 12.1 Å². The maximum atomic E-state index is 6.44. The third-order valence-electron chi connectivity index (χ3n) is 7.50. The number of nitrogens with two attached hydrogens (primary N) is 2. The van der Waals surface area contributed by atoms with Crippen LogP contribution in [0.1, 0.15) is 73.1 Å². The minimum atomic E-state index is 0.426. The van der Waals surface area contributed by atoms with Crippen LogP contribution in [0.25, 0.3) is 0 Å². The van der Waals surface area contributed by atoms with Crippen molar-refractivity contribution in [2.75, 3.05) is 0 Å². The number of hydrogen-bond acceptors (Lipinski definition) is 2. The van der Waals surface area contributed by atoms with Crippen LogP contribution in [0.2, 0.25) is 0 Å². The van der Waals surface area contributed by atoms with Crippen molar-refractivity contribution >= 4 is 0 Å². The van der Waals surface area contributed by atoms with Gasteiger partial charge in [0.2, 0.25) is 0 Å². The summed E-state index contributed by atoms with van der Waals surface area (Å²) in [5.41, 5.74) is 12.9. The molecular formula is C20H40N2. The van der Waals surface area contributed by atoms with Gasteiger partial charge in [-0.3, -0.25) is 0 Å². The van der Waals surface area contributed by atoms with E-state index in [2.05, 4.69) is 34.6 Å². The molecule has 2 saturated carbocycles. The van der Waals surface area contributed by atoms with Gasteiger partial charge in [0.1, 0.15) is 0 Å². The van der Waals surface area contributed by atoms with Crippen molar-refractivity contribution in [3.05, 3.63) is 0 Å². The highest BCUT2D eigenvalue weighted by atomic mass is 14.7. The highest BCUT2D eigenvalue weighted by molar-refractivity contribution is 4.93. The summed E-state index contributed by atoms with van der Waals surface area (Å²) in [5, 5.41) is 0. The Morgan fingerprint density at radius 1 is 0.773 bits per heavy atom. The fraction of sp³-hybridized carbons (Fsp3) is 1.00. The Kier molecular flexibility index (Phi) is 6.36. The predicted molar refractivity (Wildman–Crippen MR) is 96.5 cm³/mol. The summed E-state index contributed by atoms with van der Waals surface area (Å²) in [5.74, 6) is 5.45. The molecule has 0 aromatic carbocycles. The lowest BCUT2D eigenvalue weighted by molar-refractivity contribution is 0.0581. The van der Waals surface area contributed by atoms with Crippen molar-refractivity contribution in [3.8, 4) is 0 Å². The van der Waals surface area contributed by atoms with Crippen LogP contribution in [-0.2, 0) is 0 Å². The molecule has 0 bridgehead atoms. The Morgan fingerprint density at radius 2 is 1.14 bits per heavy atom. The average molecular weight is 309 g/mol. The van der Waals surface area contributed by atoms with E-state index in [1.54, 1.807) is 0 Å². The van der Waals surface area contributed by atoms with Crippen LogP contribution in [0.3, 0.4) is 0 Å². The van der Waals surface area contributed by atoms with Gasteiger partial charge in [-0.25, -0.2) is 0 Å². The van der Waals surface area contributed by atoms with E-state index in [0.717, 1.165) is 29.6 Å². The van der Waals surface area contributed by atoms with Crippen LogP contribution in [0.5, 0.6) is 0 Å². The molecule has 2 fully saturated rings. The van der Waals surface area contributed by atoms with Crippen molar-refractivity contribution < 1.29 is 0 Å². The van der Waals surface area contributed by atoms with E-state index in [1.165, 1.54) is 38.5 Å². The van der Waals surface area contributed by atoms with Crippen molar-refractivity contribution in [3.63, 3.8) is 0 Å². The summed E-state index contributed by atoms with van der Waals surface area (Å²) < 4.78 is 0. The number of rotatable bonds is 4. The smallest absolute Gasteiger partial charge is 0.00931 e. The molecule has 22 heavy (non-hydrogen) atoms. The molecule has 2 rings (SSSR count). The Balaban J connectivity index is 2.02. The zero-order valence-corrected chi connectivity index (χ0v) is 15.6. The quantitative estimate of drug-likeness (QED) is 0.807. The van der Waals surface area contributed by atoms with Crippen molar-refractivity contribution in [1.29, 1.82) is 0 Å². The van der Waals surface area contributed by atoms with Gasteiger partial charge in [0.15, 0.2) is 0 Å². The topological polar surface area (TPSA) is 52.0 Å². The van der Waals surface area contributed by atoms with Crippen LogP contribution < -0.4 is 11.5 Å². The molecule has 130 valence electrons. The van der Waals surface area contributed by atoms with E-state index in [-0.39, 0.29) is 0 Å². The summed E-state index contributed by atoms with van der Waals surface area (Å²) in [7, 11) is 0. The highest BCUT2D eigenvalue weighted by Gasteiger charge is 2.40. The molecule has 0 aromatic rings. The second kappa shape index (κ2) is 7.66. The second-order valence-electron chi connectivity index (χ2n) is 8.77. The standard InChI is InChI=1S/C20H40N2/c1-6-15-10-17(8-12(3)19(15)21)14(5)18-9-13(4)20(22)16(7-2)11-18/h12-20H,6-11,21-22H2,1-5H3. The van der Waals surface area contributed by atoms with E-state index in [1.807, 2.05) is 0 Å². The van der Waals surface area contributed by atoms with Gasteiger partial charge in [-0.2, -0.15) is 0 Å². The zero-order valence-electron chi connectivity index (χ0n) is 15.6. The van der Waals surface area contributed by atoms with Crippen molar-refractivity contribution in [2.45, 2.75) is 85.2 Å². The van der Waals surface area contributed by atoms with Crippen LogP contribution in [0, 0.1) is 41.4 Å². The first-order chi connectivity index (χ1) is 10.4. The Bertz CT molecular complexity index is 311. The Morgan fingerprint density at radius 3 is 1.45 bits per heavy atom. The third-order valence-corrected chi connectivity index (χ3v) is 7.50. The molecule has 0 spiro atoms. The summed E-state index contributed by atoms with van der Waals surface area (Å²) in [4.78, 5) is 0.